The smallest absolute Gasteiger partial charge is 0.0676 e. The van der Waals surface area contributed by atoms with Gasteiger partial charge in [-0.15, -0.1) is 0 Å². The van der Waals surface area contributed by atoms with Crippen molar-refractivity contribution in [2.45, 2.75) is 13.8 Å². The third-order valence-electron chi connectivity index (χ3n) is 1.24. The van der Waals surface area contributed by atoms with Crippen LogP contribution in [0.1, 0.15) is 13.8 Å². The minimum absolute atomic E-state index is 0.0352. The highest BCUT2D eigenvalue weighted by molar-refractivity contribution is 5.24. The summed E-state index contributed by atoms with van der Waals surface area (Å²) in [4.78, 5) is 0. The average Bonchev–Trinajstić information content (AvgIpc) is 1.99. The molecule has 0 aromatic heterocycles. The zero-order valence-corrected chi connectivity index (χ0v) is 6.59. The molecule has 0 unspecified atom stereocenters. The van der Waals surface area contributed by atoms with Crippen LogP contribution in [-0.2, 0) is 0 Å². The van der Waals surface area contributed by atoms with Crippen LogP contribution < -0.4 is 0 Å². The highest BCUT2D eigenvalue weighted by atomic mass is 16.3. The second-order valence-corrected chi connectivity index (χ2v) is 2.18. The maximum atomic E-state index is 8.55. The Morgan fingerprint density at radius 3 is 2.50 bits per heavy atom. The molecule has 0 amide bonds. The van der Waals surface area contributed by atoms with Crippen molar-refractivity contribution in [2.75, 3.05) is 6.61 Å². The van der Waals surface area contributed by atoms with E-state index in [0.717, 1.165) is 5.57 Å². The van der Waals surface area contributed by atoms with E-state index < -0.39 is 0 Å². The zero-order chi connectivity index (χ0) is 7.98. The maximum absolute atomic E-state index is 8.55. The highest BCUT2D eigenvalue weighted by Crippen LogP contribution is 1.97. The van der Waals surface area contributed by atoms with Crippen LogP contribution in [0.15, 0.2) is 36.0 Å². The van der Waals surface area contributed by atoms with Crippen molar-refractivity contribution >= 4 is 0 Å². The Bertz CT molecular complexity index is 164. The Morgan fingerprint density at radius 1 is 1.50 bits per heavy atom. The van der Waals surface area contributed by atoms with Crippen molar-refractivity contribution in [1.29, 1.82) is 0 Å². The molecule has 0 bridgehead atoms. The summed E-state index contributed by atoms with van der Waals surface area (Å²) in [7, 11) is 0. The van der Waals surface area contributed by atoms with Crippen molar-refractivity contribution in [1.82, 2.24) is 0 Å². The predicted molar refractivity (Wildman–Crippen MR) is 44.8 cm³/mol. The van der Waals surface area contributed by atoms with E-state index >= 15 is 0 Å². The van der Waals surface area contributed by atoms with E-state index in [1.165, 1.54) is 5.57 Å². The van der Waals surface area contributed by atoms with Gasteiger partial charge in [0, 0.05) is 0 Å². The quantitative estimate of drug-likeness (QED) is 0.592. The molecule has 10 heavy (non-hydrogen) atoms. The highest BCUT2D eigenvalue weighted by Gasteiger charge is 1.81. The van der Waals surface area contributed by atoms with Gasteiger partial charge in [0.15, 0.2) is 0 Å². The number of hydrogen-bond acceptors (Lipinski definition) is 1. The molecule has 0 radical (unpaired) electrons. The first-order valence-corrected chi connectivity index (χ1v) is 3.30. The molecule has 0 rings (SSSR count). The summed E-state index contributed by atoms with van der Waals surface area (Å²) in [5.74, 6) is 0. The number of aliphatic hydroxyl groups is 1. The number of allylic oxidation sites excluding steroid dienone is 3. The van der Waals surface area contributed by atoms with Crippen LogP contribution in [0.4, 0.5) is 0 Å². The van der Waals surface area contributed by atoms with Crippen molar-refractivity contribution in [3.63, 3.8) is 0 Å². The molecule has 0 fully saturated rings. The van der Waals surface area contributed by atoms with Crippen molar-refractivity contribution < 1.29 is 5.11 Å². The fraction of sp³-hybridized carbons (Fsp3) is 0.333. The molecule has 0 aromatic rings. The predicted octanol–water partition coefficient (Wildman–Crippen LogP) is 2.06. The minimum Gasteiger partial charge on any atom is -0.392 e. The van der Waals surface area contributed by atoms with Crippen molar-refractivity contribution in [3.05, 3.63) is 36.0 Å². The van der Waals surface area contributed by atoms with Gasteiger partial charge < -0.3 is 5.11 Å². The SMILES string of the molecule is C=C(/C=C\C(C)=C/C)CO. The largest absolute Gasteiger partial charge is 0.392 e. The van der Waals surface area contributed by atoms with Gasteiger partial charge in [-0.05, 0) is 19.4 Å². The van der Waals surface area contributed by atoms with E-state index in [2.05, 4.69) is 6.58 Å². The lowest BCUT2D eigenvalue weighted by Gasteiger charge is -1.90. The molecule has 1 nitrogen and oxygen atoms in total. The lowest BCUT2D eigenvalue weighted by Crippen LogP contribution is -1.81. The average molecular weight is 138 g/mol. The Balaban J connectivity index is 3.88. The lowest BCUT2D eigenvalue weighted by atomic mass is 10.2. The van der Waals surface area contributed by atoms with Crippen LogP contribution in [0.25, 0.3) is 0 Å². The summed E-state index contributed by atoms with van der Waals surface area (Å²) in [6.45, 7) is 7.63. The van der Waals surface area contributed by atoms with Gasteiger partial charge in [0.2, 0.25) is 0 Å². The van der Waals surface area contributed by atoms with Gasteiger partial charge in [0.25, 0.3) is 0 Å². The van der Waals surface area contributed by atoms with E-state index in [-0.39, 0.29) is 6.61 Å². The van der Waals surface area contributed by atoms with Crippen molar-refractivity contribution in [2.24, 2.45) is 0 Å². The fourth-order valence-electron chi connectivity index (χ4n) is 0.398. The molecule has 56 valence electrons. The van der Waals surface area contributed by atoms with Gasteiger partial charge in [-0.25, -0.2) is 0 Å². The summed E-state index contributed by atoms with van der Waals surface area (Å²) in [5, 5.41) is 8.55. The van der Waals surface area contributed by atoms with E-state index in [4.69, 9.17) is 5.11 Å². The molecule has 0 heterocycles. The van der Waals surface area contributed by atoms with Crippen LogP contribution in [-0.4, -0.2) is 11.7 Å². The van der Waals surface area contributed by atoms with Gasteiger partial charge in [-0.3, -0.25) is 0 Å². The molecule has 0 aromatic carbocycles. The molecular formula is C9H14O. The van der Waals surface area contributed by atoms with E-state index in [0.29, 0.717) is 0 Å². The Morgan fingerprint density at radius 2 is 2.10 bits per heavy atom. The van der Waals surface area contributed by atoms with Gasteiger partial charge in [-0.2, -0.15) is 0 Å². The second kappa shape index (κ2) is 5.00. The lowest BCUT2D eigenvalue weighted by molar-refractivity contribution is 0.335. The molecule has 0 saturated heterocycles. The Hall–Kier alpha value is -0.820. The maximum Gasteiger partial charge on any atom is 0.0676 e. The molecular weight excluding hydrogens is 124 g/mol. The monoisotopic (exact) mass is 138 g/mol. The summed E-state index contributed by atoms with van der Waals surface area (Å²) < 4.78 is 0. The molecule has 0 aliphatic carbocycles. The summed E-state index contributed by atoms with van der Waals surface area (Å²) in [6.07, 6.45) is 5.75. The van der Waals surface area contributed by atoms with Gasteiger partial charge in [-0.1, -0.05) is 30.4 Å². The minimum atomic E-state index is 0.0352. The summed E-state index contributed by atoms with van der Waals surface area (Å²) >= 11 is 0. The zero-order valence-electron chi connectivity index (χ0n) is 6.59. The first-order valence-electron chi connectivity index (χ1n) is 3.30. The van der Waals surface area contributed by atoms with E-state index in [1.807, 2.05) is 32.1 Å². The number of hydrogen-bond donors (Lipinski definition) is 1. The van der Waals surface area contributed by atoms with Crippen LogP contribution in [0.5, 0.6) is 0 Å². The third-order valence-corrected chi connectivity index (χ3v) is 1.24. The molecule has 0 aliphatic rings. The summed E-state index contributed by atoms with van der Waals surface area (Å²) in [6, 6.07) is 0. The summed E-state index contributed by atoms with van der Waals surface area (Å²) in [5.41, 5.74) is 1.91. The van der Waals surface area contributed by atoms with Crippen LogP contribution in [0.2, 0.25) is 0 Å². The van der Waals surface area contributed by atoms with Gasteiger partial charge >= 0.3 is 0 Å². The van der Waals surface area contributed by atoms with Crippen LogP contribution in [0.3, 0.4) is 0 Å². The van der Waals surface area contributed by atoms with Gasteiger partial charge in [0.05, 0.1) is 6.61 Å². The van der Waals surface area contributed by atoms with Crippen molar-refractivity contribution in [3.8, 4) is 0 Å². The fourth-order valence-corrected chi connectivity index (χ4v) is 0.398. The Kier molecular flexibility index (Phi) is 4.59. The standard InChI is InChI=1S/C9H14O/c1-4-8(2)5-6-9(3)7-10/h4-6,10H,3,7H2,1-2H3/b6-5-,8-4-. The number of aliphatic hydroxyl groups excluding tert-OH is 1. The van der Waals surface area contributed by atoms with E-state index in [9.17, 15) is 0 Å². The normalized spacial score (nSPS) is 12.5. The molecule has 0 saturated carbocycles. The van der Waals surface area contributed by atoms with Crippen LogP contribution >= 0.6 is 0 Å². The molecule has 0 spiro atoms. The first-order chi connectivity index (χ1) is 4.70. The topological polar surface area (TPSA) is 20.2 Å². The molecule has 0 atom stereocenters. The third kappa shape index (κ3) is 4.10. The van der Waals surface area contributed by atoms with E-state index in [1.54, 1.807) is 0 Å². The first kappa shape index (κ1) is 9.18. The Labute approximate surface area is 62.4 Å². The van der Waals surface area contributed by atoms with Crippen LogP contribution in [0, 0.1) is 0 Å². The number of rotatable bonds is 3. The second-order valence-electron chi connectivity index (χ2n) is 2.18. The van der Waals surface area contributed by atoms with Gasteiger partial charge in [0.1, 0.15) is 0 Å². The molecule has 1 heteroatoms. The molecule has 0 aliphatic heterocycles. The molecule has 1 N–H and O–H groups in total.